The molecule has 0 unspecified atom stereocenters. The Morgan fingerprint density at radius 2 is 2.06 bits per heavy atom. The number of morpholine rings is 1. The van der Waals surface area contributed by atoms with Crippen molar-refractivity contribution in [3.63, 3.8) is 0 Å². The predicted molar refractivity (Wildman–Crippen MR) is 54.7 cm³/mol. The van der Waals surface area contributed by atoms with Crippen molar-refractivity contribution in [2.24, 2.45) is 0 Å². The first-order valence-corrected chi connectivity index (χ1v) is 5.09. The van der Waals surface area contributed by atoms with Crippen LogP contribution in [0.25, 0.3) is 0 Å². The maximum absolute atomic E-state index is 11.5. The number of rotatable bonds is 3. The molecule has 0 aromatic rings. The van der Waals surface area contributed by atoms with Crippen LogP contribution in [0.15, 0.2) is 11.8 Å². The second kappa shape index (κ2) is 6.12. The standard InChI is InChI=1S/C10H15NO5/c1-2-16-10(14)8(12)7-9(13)11-3-5-15-6-4-11/h7,12H,2-6H2,1H3/b8-7-. The van der Waals surface area contributed by atoms with Gasteiger partial charge in [0.2, 0.25) is 5.76 Å². The smallest absolute Gasteiger partial charge is 0.373 e. The summed E-state index contributed by atoms with van der Waals surface area (Å²) in [6.45, 7) is 3.65. The van der Waals surface area contributed by atoms with E-state index in [4.69, 9.17) is 4.74 Å². The Morgan fingerprint density at radius 3 is 2.62 bits per heavy atom. The van der Waals surface area contributed by atoms with Crippen LogP contribution in [0, 0.1) is 0 Å². The Morgan fingerprint density at radius 1 is 1.44 bits per heavy atom. The van der Waals surface area contributed by atoms with Crippen LogP contribution in [0.2, 0.25) is 0 Å². The van der Waals surface area contributed by atoms with Crippen molar-refractivity contribution in [1.29, 1.82) is 0 Å². The molecule has 1 aliphatic rings. The number of ether oxygens (including phenoxy) is 2. The van der Waals surface area contributed by atoms with Gasteiger partial charge in [-0.2, -0.15) is 0 Å². The molecule has 16 heavy (non-hydrogen) atoms. The Hall–Kier alpha value is -1.56. The third-order valence-electron chi connectivity index (χ3n) is 2.07. The first-order valence-electron chi connectivity index (χ1n) is 5.09. The third-order valence-corrected chi connectivity index (χ3v) is 2.07. The number of hydrogen-bond donors (Lipinski definition) is 1. The normalized spacial score (nSPS) is 17.1. The maximum atomic E-state index is 11.5. The van der Waals surface area contributed by atoms with Crippen LogP contribution in [0.5, 0.6) is 0 Å². The molecule has 1 aliphatic heterocycles. The zero-order valence-electron chi connectivity index (χ0n) is 9.14. The van der Waals surface area contributed by atoms with E-state index in [0.29, 0.717) is 26.3 Å². The molecule has 1 rings (SSSR count). The first kappa shape index (κ1) is 12.5. The summed E-state index contributed by atoms with van der Waals surface area (Å²) in [6.07, 6.45) is 0.878. The number of carbonyl (C=O) groups excluding carboxylic acids is 2. The monoisotopic (exact) mass is 229 g/mol. The van der Waals surface area contributed by atoms with Crippen LogP contribution >= 0.6 is 0 Å². The molecule has 0 radical (unpaired) electrons. The molecule has 1 fully saturated rings. The SMILES string of the molecule is CCOC(=O)/C(O)=C/C(=O)N1CCOCC1. The quantitative estimate of drug-likeness (QED) is 0.414. The Balaban J connectivity index is 2.53. The Kier molecular flexibility index (Phi) is 4.78. The average Bonchev–Trinajstić information content (AvgIpc) is 2.30. The molecule has 6 nitrogen and oxygen atoms in total. The fraction of sp³-hybridized carbons (Fsp3) is 0.600. The first-order chi connectivity index (χ1) is 7.65. The molecular formula is C10H15NO5. The Bertz CT molecular complexity index is 294. The van der Waals surface area contributed by atoms with Crippen molar-refractivity contribution < 1.29 is 24.2 Å². The van der Waals surface area contributed by atoms with Gasteiger partial charge in [-0.05, 0) is 6.92 Å². The summed E-state index contributed by atoms with van der Waals surface area (Å²) in [5, 5.41) is 9.26. The lowest BCUT2D eigenvalue weighted by Crippen LogP contribution is -2.40. The highest BCUT2D eigenvalue weighted by molar-refractivity contribution is 5.96. The lowest BCUT2D eigenvalue weighted by atomic mass is 10.3. The van der Waals surface area contributed by atoms with Crippen molar-refractivity contribution in [3.8, 4) is 0 Å². The number of aliphatic hydroxyl groups excluding tert-OH is 1. The second-order valence-corrected chi connectivity index (χ2v) is 3.19. The Labute approximate surface area is 93.4 Å². The molecule has 0 aliphatic carbocycles. The van der Waals surface area contributed by atoms with Crippen molar-refractivity contribution >= 4 is 11.9 Å². The number of amides is 1. The fourth-order valence-corrected chi connectivity index (χ4v) is 1.26. The van der Waals surface area contributed by atoms with Gasteiger partial charge in [0.25, 0.3) is 5.91 Å². The van der Waals surface area contributed by atoms with E-state index in [1.54, 1.807) is 6.92 Å². The predicted octanol–water partition coefficient (Wildman–Crippen LogP) is -0.150. The minimum absolute atomic E-state index is 0.155. The van der Waals surface area contributed by atoms with Crippen LogP contribution < -0.4 is 0 Å². The van der Waals surface area contributed by atoms with Crippen molar-refractivity contribution in [2.75, 3.05) is 32.9 Å². The second-order valence-electron chi connectivity index (χ2n) is 3.19. The van der Waals surface area contributed by atoms with E-state index in [2.05, 4.69) is 4.74 Å². The summed E-state index contributed by atoms with van der Waals surface area (Å²) in [5.41, 5.74) is 0. The largest absolute Gasteiger partial charge is 0.502 e. The van der Waals surface area contributed by atoms with Gasteiger partial charge in [0.15, 0.2) is 0 Å². The van der Waals surface area contributed by atoms with Crippen LogP contribution in [-0.4, -0.2) is 54.8 Å². The molecule has 1 saturated heterocycles. The van der Waals surface area contributed by atoms with E-state index in [0.717, 1.165) is 6.08 Å². The van der Waals surface area contributed by atoms with Crippen LogP contribution in [-0.2, 0) is 19.1 Å². The molecule has 1 heterocycles. The molecule has 0 aromatic carbocycles. The van der Waals surface area contributed by atoms with Crippen LogP contribution in [0.1, 0.15) is 6.92 Å². The molecule has 0 bridgehead atoms. The molecule has 6 heteroatoms. The highest BCUT2D eigenvalue weighted by Gasteiger charge is 2.17. The van der Waals surface area contributed by atoms with Crippen molar-refractivity contribution in [1.82, 2.24) is 4.90 Å². The molecule has 1 amide bonds. The van der Waals surface area contributed by atoms with Gasteiger partial charge in [-0.1, -0.05) is 0 Å². The van der Waals surface area contributed by atoms with Gasteiger partial charge in [-0.25, -0.2) is 4.79 Å². The van der Waals surface area contributed by atoms with E-state index in [1.807, 2.05) is 0 Å². The van der Waals surface area contributed by atoms with Gasteiger partial charge in [-0.3, -0.25) is 4.79 Å². The van der Waals surface area contributed by atoms with Gasteiger partial charge in [-0.15, -0.1) is 0 Å². The minimum Gasteiger partial charge on any atom is -0.502 e. The molecule has 0 aromatic heterocycles. The maximum Gasteiger partial charge on any atom is 0.373 e. The lowest BCUT2D eigenvalue weighted by molar-refractivity contribution is -0.142. The molecule has 1 N–H and O–H groups in total. The average molecular weight is 229 g/mol. The van der Waals surface area contributed by atoms with Crippen molar-refractivity contribution in [2.45, 2.75) is 6.92 Å². The van der Waals surface area contributed by atoms with Gasteiger partial charge >= 0.3 is 5.97 Å². The number of aliphatic hydroxyl groups is 1. The summed E-state index contributed by atoms with van der Waals surface area (Å²) < 4.78 is 9.61. The summed E-state index contributed by atoms with van der Waals surface area (Å²) in [5.74, 6) is -1.96. The van der Waals surface area contributed by atoms with E-state index < -0.39 is 17.6 Å². The van der Waals surface area contributed by atoms with Crippen molar-refractivity contribution in [3.05, 3.63) is 11.8 Å². The van der Waals surface area contributed by atoms with E-state index in [1.165, 1.54) is 4.90 Å². The number of esters is 1. The van der Waals surface area contributed by atoms with Gasteiger partial charge in [0.1, 0.15) is 0 Å². The fourth-order valence-electron chi connectivity index (χ4n) is 1.26. The van der Waals surface area contributed by atoms with Gasteiger partial charge < -0.3 is 19.5 Å². The third kappa shape index (κ3) is 3.54. The zero-order chi connectivity index (χ0) is 12.0. The number of nitrogens with zero attached hydrogens (tertiary/aromatic N) is 1. The van der Waals surface area contributed by atoms with E-state index in [9.17, 15) is 14.7 Å². The van der Waals surface area contributed by atoms with Crippen LogP contribution in [0.3, 0.4) is 0 Å². The van der Waals surface area contributed by atoms with E-state index in [-0.39, 0.29) is 6.61 Å². The zero-order valence-corrected chi connectivity index (χ0v) is 9.14. The highest BCUT2D eigenvalue weighted by Crippen LogP contribution is 2.01. The molecule has 0 saturated carbocycles. The topological polar surface area (TPSA) is 76.1 Å². The van der Waals surface area contributed by atoms with E-state index >= 15 is 0 Å². The lowest BCUT2D eigenvalue weighted by Gasteiger charge is -2.25. The summed E-state index contributed by atoms with van der Waals surface area (Å²) in [7, 11) is 0. The minimum atomic E-state index is -0.885. The number of carbonyl (C=O) groups is 2. The molecule has 90 valence electrons. The van der Waals surface area contributed by atoms with Crippen LogP contribution in [0.4, 0.5) is 0 Å². The van der Waals surface area contributed by atoms with Gasteiger partial charge in [0.05, 0.1) is 25.9 Å². The highest BCUT2D eigenvalue weighted by atomic mass is 16.5. The summed E-state index contributed by atoms with van der Waals surface area (Å²) in [6, 6.07) is 0. The van der Waals surface area contributed by atoms with Gasteiger partial charge in [0, 0.05) is 13.1 Å². The summed E-state index contributed by atoms with van der Waals surface area (Å²) >= 11 is 0. The molecule has 0 spiro atoms. The molecular weight excluding hydrogens is 214 g/mol. The molecule has 0 atom stereocenters. The number of hydrogen-bond acceptors (Lipinski definition) is 5. The summed E-state index contributed by atoms with van der Waals surface area (Å²) in [4.78, 5) is 24.1.